The minimum atomic E-state index is -0.929. The SMILES string of the molecule is CCCC(=O)Nc1ccc(C(=O)COC(=O)c2c(C)cccc2[N+](=O)[O-])cc1. The monoisotopic (exact) mass is 384 g/mol. The van der Waals surface area contributed by atoms with Crippen molar-refractivity contribution in [2.45, 2.75) is 26.7 Å². The molecule has 0 unspecified atom stereocenters. The average Bonchev–Trinajstić information content (AvgIpc) is 2.66. The van der Waals surface area contributed by atoms with Gasteiger partial charge in [0.15, 0.2) is 12.4 Å². The highest BCUT2D eigenvalue weighted by Gasteiger charge is 2.24. The molecule has 0 saturated heterocycles. The number of aryl methyl sites for hydroxylation is 1. The van der Waals surface area contributed by atoms with E-state index in [1.807, 2.05) is 6.92 Å². The first-order chi connectivity index (χ1) is 13.3. The molecule has 146 valence electrons. The largest absolute Gasteiger partial charge is 0.453 e. The van der Waals surface area contributed by atoms with Crippen LogP contribution in [0.3, 0.4) is 0 Å². The summed E-state index contributed by atoms with van der Waals surface area (Å²) in [5.41, 5.74) is 0.695. The van der Waals surface area contributed by atoms with Gasteiger partial charge in [0.1, 0.15) is 5.56 Å². The van der Waals surface area contributed by atoms with Crippen LogP contribution in [0.5, 0.6) is 0 Å². The first-order valence-corrected chi connectivity index (χ1v) is 8.67. The first-order valence-electron chi connectivity index (χ1n) is 8.67. The van der Waals surface area contributed by atoms with Crippen LogP contribution in [0.25, 0.3) is 0 Å². The summed E-state index contributed by atoms with van der Waals surface area (Å²) in [6.45, 7) is 2.90. The van der Waals surface area contributed by atoms with Gasteiger partial charge >= 0.3 is 5.97 Å². The molecule has 0 aliphatic carbocycles. The van der Waals surface area contributed by atoms with Gasteiger partial charge in [-0.1, -0.05) is 19.1 Å². The Kier molecular flexibility index (Phi) is 6.97. The Hall–Kier alpha value is -3.55. The van der Waals surface area contributed by atoms with Crippen molar-refractivity contribution in [1.82, 2.24) is 0 Å². The molecular weight excluding hydrogens is 364 g/mol. The van der Waals surface area contributed by atoms with E-state index in [1.165, 1.54) is 24.3 Å². The second-order valence-electron chi connectivity index (χ2n) is 6.10. The summed E-state index contributed by atoms with van der Waals surface area (Å²) in [7, 11) is 0. The summed E-state index contributed by atoms with van der Waals surface area (Å²) in [6.07, 6.45) is 1.13. The quantitative estimate of drug-likeness (QED) is 0.321. The van der Waals surface area contributed by atoms with Crippen molar-refractivity contribution in [3.63, 3.8) is 0 Å². The van der Waals surface area contributed by atoms with Crippen molar-refractivity contribution in [3.05, 3.63) is 69.3 Å². The lowest BCUT2D eigenvalue weighted by Gasteiger charge is -2.08. The number of anilines is 1. The molecule has 1 amide bonds. The molecule has 28 heavy (non-hydrogen) atoms. The van der Waals surface area contributed by atoms with Crippen LogP contribution in [0.2, 0.25) is 0 Å². The fraction of sp³-hybridized carbons (Fsp3) is 0.250. The molecule has 2 aromatic carbocycles. The van der Waals surface area contributed by atoms with Gasteiger partial charge < -0.3 is 10.1 Å². The first kappa shape index (κ1) is 20.8. The smallest absolute Gasteiger partial charge is 0.345 e. The zero-order valence-corrected chi connectivity index (χ0v) is 15.6. The number of Topliss-reactive ketones (excluding diaryl/α,β-unsaturated/α-hetero) is 1. The lowest BCUT2D eigenvalue weighted by atomic mass is 10.1. The fourth-order valence-electron chi connectivity index (χ4n) is 2.55. The summed E-state index contributed by atoms with van der Waals surface area (Å²) in [4.78, 5) is 46.4. The third kappa shape index (κ3) is 5.23. The summed E-state index contributed by atoms with van der Waals surface area (Å²) >= 11 is 0. The predicted octanol–water partition coefficient (Wildman–Crippen LogP) is 3.68. The molecule has 0 bridgehead atoms. The number of benzene rings is 2. The maximum atomic E-state index is 12.2. The molecule has 2 aromatic rings. The summed E-state index contributed by atoms with van der Waals surface area (Å²) in [6, 6.07) is 10.4. The van der Waals surface area contributed by atoms with E-state index in [2.05, 4.69) is 5.32 Å². The van der Waals surface area contributed by atoms with Crippen molar-refractivity contribution >= 4 is 29.0 Å². The minimum absolute atomic E-state index is 0.115. The Labute approximate surface area is 161 Å². The number of hydrogen-bond acceptors (Lipinski definition) is 6. The molecule has 1 N–H and O–H groups in total. The molecule has 0 aromatic heterocycles. The number of nitrogens with zero attached hydrogens (tertiary/aromatic N) is 1. The summed E-state index contributed by atoms with van der Waals surface area (Å²) in [5, 5.41) is 13.8. The maximum Gasteiger partial charge on any atom is 0.345 e. The zero-order chi connectivity index (χ0) is 20.7. The number of nitrogens with one attached hydrogen (secondary N) is 1. The van der Waals surface area contributed by atoms with Gasteiger partial charge in [0, 0.05) is 23.7 Å². The van der Waals surface area contributed by atoms with Gasteiger partial charge in [-0.05, 0) is 43.2 Å². The second-order valence-corrected chi connectivity index (χ2v) is 6.10. The van der Waals surface area contributed by atoms with Crippen molar-refractivity contribution in [1.29, 1.82) is 0 Å². The van der Waals surface area contributed by atoms with Crippen molar-refractivity contribution in [3.8, 4) is 0 Å². The number of nitro groups is 1. The van der Waals surface area contributed by atoms with E-state index in [9.17, 15) is 24.5 Å². The lowest BCUT2D eigenvalue weighted by Crippen LogP contribution is -2.16. The number of ketones is 1. The van der Waals surface area contributed by atoms with Crippen LogP contribution in [-0.2, 0) is 9.53 Å². The number of amides is 1. The Morgan fingerprint density at radius 3 is 2.39 bits per heavy atom. The van der Waals surface area contributed by atoms with Crippen LogP contribution in [0, 0.1) is 17.0 Å². The van der Waals surface area contributed by atoms with Crippen LogP contribution in [0.15, 0.2) is 42.5 Å². The molecule has 0 saturated carbocycles. The maximum absolute atomic E-state index is 12.2. The standard InChI is InChI=1S/C20H20N2O6/c1-3-5-18(24)21-15-10-8-14(9-11-15)17(23)12-28-20(25)19-13(2)6-4-7-16(19)22(26)27/h4,6-11H,3,5,12H2,1-2H3,(H,21,24). The highest BCUT2D eigenvalue weighted by molar-refractivity contribution is 6.01. The predicted molar refractivity (Wildman–Crippen MR) is 102 cm³/mol. The van der Waals surface area contributed by atoms with Crippen LogP contribution >= 0.6 is 0 Å². The Bertz CT molecular complexity index is 905. The Morgan fingerprint density at radius 2 is 1.79 bits per heavy atom. The molecule has 0 aliphatic heterocycles. The number of carbonyl (C=O) groups is 3. The Morgan fingerprint density at radius 1 is 1.11 bits per heavy atom. The lowest BCUT2D eigenvalue weighted by molar-refractivity contribution is -0.385. The van der Waals surface area contributed by atoms with E-state index in [1.54, 1.807) is 25.1 Å². The molecule has 8 nitrogen and oxygen atoms in total. The van der Waals surface area contributed by atoms with Gasteiger partial charge in [-0.15, -0.1) is 0 Å². The van der Waals surface area contributed by atoms with Crippen LogP contribution < -0.4 is 5.32 Å². The zero-order valence-electron chi connectivity index (χ0n) is 15.6. The van der Waals surface area contributed by atoms with Gasteiger partial charge in [-0.2, -0.15) is 0 Å². The molecule has 0 atom stereocenters. The topological polar surface area (TPSA) is 116 Å². The van der Waals surface area contributed by atoms with E-state index in [0.717, 1.165) is 6.42 Å². The number of esters is 1. The average molecular weight is 384 g/mol. The number of carbonyl (C=O) groups excluding carboxylic acids is 3. The van der Waals surface area contributed by atoms with Crippen LogP contribution in [-0.4, -0.2) is 29.2 Å². The molecule has 0 radical (unpaired) electrons. The molecule has 8 heteroatoms. The number of nitro benzene ring substituents is 1. The van der Waals surface area contributed by atoms with Crippen LogP contribution in [0.4, 0.5) is 11.4 Å². The summed E-state index contributed by atoms with van der Waals surface area (Å²) < 4.78 is 4.98. The van der Waals surface area contributed by atoms with E-state index in [0.29, 0.717) is 23.2 Å². The Balaban J connectivity index is 2.02. The van der Waals surface area contributed by atoms with E-state index >= 15 is 0 Å². The minimum Gasteiger partial charge on any atom is -0.453 e. The second kappa shape index (κ2) is 9.40. The summed E-state index contributed by atoms with van der Waals surface area (Å²) in [5.74, 6) is -1.51. The molecule has 2 rings (SSSR count). The highest BCUT2D eigenvalue weighted by atomic mass is 16.6. The molecule has 0 heterocycles. The molecule has 0 fully saturated rings. The normalized spacial score (nSPS) is 10.2. The fourth-order valence-corrected chi connectivity index (χ4v) is 2.55. The van der Waals surface area contributed by atoms with E-state index in [4.69, 9.17) is 4.74 Å². The van der Waals surface area contributed by atoms with Gasteiger partial charge in [-0.3, -0.25) is 19.7 Å². The van der Waals surface area contributed by atoms with Gasteiger partial charge in [0.2, 0.25) is 5.91 Å². The number of ether oxygens (including phenoxy) is 1. The third-order valence-corrected chi connectivity index (χ3v) is 3.95. The number of hydrogen-bond donors (Lipinski definition) is 1. The number of rotatable bonds is 8. The van der Waals surface area contributed by atoms with Crippen LogP contribution in [0.1, 0.15) is 46.0 Å². The highest BCUT2D eigenvalue weighted by Crippen LogP contribution is 2.22. The molecular formula is C20H20N2O6. The van der Waals surface area contributed by atoms with Crippen molar-refractivity contribution in [2.75, 3.05) is 11.9 Å². The van der Waals surface area contributed by atoms with Crippen molar-refractivity contribution in [2.24, 2.45) is 0 Å². The molecule has 0 spiro atoms. The van der Waals surface area contributed by atoms with Crippen molar-refractivity contribution < 1.29 is 24.0 Å². The van der Waals surface area contributed by atoms with E-state index in [-0.39, 0.29) is 17.2 Å². The van der Waals surface area contributed by atoms with Gasteiger partial charge in [-0.25, -0.2) is 4.79 Å². The third-order valence-electron chi connectivity index (χ3n) is 3.95. The van der Waals surface area contributed by atoms with Gasteiger partial charge in [0.25, 0.3) is 5.69 Å². The van der Waals surface area contributed by atoms with E-state index < -0.39 is 23.3 Å². The molecule has 0 aliphatic rings. The van der Waals surface area contributed by atoms with Gasteiger partial charge in [0.05, 0.1) is 4.92 Å².